The number of carboxylic acids is 1. The lowest BCUT2D eigenvalue weighted by Crippen LogP contribution is -2.29. The van der Waals surface area contributed by atoms with Gasteiger partial charge in [-0.25, -0.2) is 26.9 Å². The highest BCUT2D eigenvalue weighted by Gasteiger charge is 2.36. The molecule has 0 saturated heterocycles. The molecule has 0 spiro atoms. The Morgan fingerprint density at radius 2 is 1.85 bits per heavy atom. The number of nitrogens with zero attached hydrogens (tertiary/aromatic N) is 3. The van der Waals surface area contributed by atoms with Crippen LogP contribution in [0.2, 0.25) is 0 Å². The maximum Gasteiger partial charge on any atom is 0.306 e. The van der Waals surface area contributed by atoms with E-state index in [4.69, 9.17) is 14.8 Å². The lowest BCUT2D eigenvalue weighted by molar-refractivity contribution is -0.141. The molecule has 9 nitrogen and oxygen atoms in total. The van der Waals surface area contributed by atoms with Gasteiger partial charge < -0.3 is 14.8 Å². The third kappa shape index (κ3) is 7.19. The number of sulfone groups is 1. The van der Waals surface area contributed by atoms with E-state index in [1.54, 1.807) is 20.9 Å². The van der Waals surface area contributed by atoms with Gasteiger partial charge in [0, 0.05) is 24.2 Å². The summed E-state index contributed by atoms with van der Waals surface area (Å²) in [7, 11) is -2.08. The number of hydrogen-bond acceptors (Lipinski definition) is 6. The molecule has 5 aromatic rings. The van der Waals surface area contributed by atoms with Crippen LogP contribution in [0.1, 0.15) is 75.0 Å². The van der Waals surface area contributed by atoms with E-state index in [2.05, 4.69) is 4.98 Å². The first-order valence-corrected chi connectivity index (χ1v) is 19.1. The molecule has 2 N–H and O–H groups in total. The number of hydrogen-bond donors (Lipinski definition) is 2. The van der Waals surface area contributed by atoms with Crippen LogP contribution < -0.4 is 4.74 Å². The summed E-state index contributed by atoms with van der Waals surface area (Å²) in [6.45, 7) is 9.11. The number of aromatic amines is 1. The number of H-pyrrole nitrogens is 1. The minimum atomic E-state index is -3.71. The van der Waals surface area contributed by atoms with Gasteiger partial charge in [0.05, 0.1) is 33.9 Å². The largest absolute Gasteiger partial charge is 0.481 e. The molecule has 3 heterocycles. The number of carboxylic acid groups (broad SMARTS) is 1. The minimum Gasteiger partial charge on any atom is -0.481 e. The minimum absolute atomic E-state index is 0.0105. The number of rotatable bonds is 4. The van der Waals surface area contributed by atoms with E-state index in [-0.39, 0.29) is 46.1 Å². The zero-order chi connectivity index (χ0) is 37.7. The number of benzene rings is 3. The Morgan fingerprint density at radius 1 is 1.10 bits per heavy atom. The monoisotopic (exact) mass is 736 g/mol. The molecule has 2 atom stereocenters. The standard InChI is InChI=1S/C39H43F3N4O5S/c1-22(36(47)48)17-24-9-7-10-25(18-24)39(5)15-8-14-38(3,4)21-52(49,50)16-13-27-30-23(2)20-43-33(30)31(41)32(42)34(27)51-26-11-12-29(40)28(19-26)35-44-37(39)45-46(35)6/h7,9-12,18-20,22,43H,8,13-17,21H2,1-6H3,(H,47,48)/t22-,39-/m1/s1. The summed E-state index contributed by atoms with van der Waals surface area (Å²) in [5.41, 5.74) is 0.857. The normalized spacial score (nSPS) is 19.6. The van der Waals surface area contributed by atoms with Crippen LogP contribution in [0.25, 0.3) is 22.3 Å². The Balaban J connectivity index is 1.52. The second kappa shape index (κ2) is 13.7. The quantitative estimate of drug-likeness (QED) is 0.190. The molecule has 0 fully saturated rings. The van der Waals surface area contributed by atoms with Gasteiger partial charge in [-0.1, -0.05) is 51.5 Å². The molecule has 0 unspecified atom stereocenters. The molecule has 276 valence electrons. The van der Waals surface area contributed by atoms with Crippen molar-refractivity contribution in [2.45, 2.75) is 72.1 Å². The van der Waals surface area contributed by atoms with Crippen molar-refractivity contribution in [1.82, 2.24) is 19.7 Å². The SMILES string of the molecule is Cc1c[nH]c2c(F)c(F)c3c(c12)CCS(=O)(=O)CC(C)(C)CCC[C@](C)(c1cccc(C[C@@H](C)C(=O)O)c1)c1nc(n(C)n1)-c1cc(ccc1F)O3. The van der Waals surface area contributed by atoms with Gasteiger partial charge in [0.2, 0.25) is 5.82 Å². The number of fused-ring (bicyclic) bond motifs is 8. The van der Waals surface area contributed by atoms with E-state index in [0.29, 0.717) is 42.5 Å². The average Bonchev–Trinajstić information content (AvgIpc) is 3.65. The molecule has 0 amide bonds. The smallest absolute Gasteiger partial charge is 0.306 e. The zero-order valence-electron chi connectivity index (χ0n) is 30.1. The van der Waals surface area contributed by atoms with E-state index >= 15 is 13.2 Å². The van der Waals surface area contributed by atoms with Crippen LogP contribution in [0.3, 0.4) is 0 Å². The molecule has 4 bridgehead atoms. The van der Waals surface area contributed by atoms with Crippen molar-refractivity contribution in [3.05, 3.63) is 94.2 Å². The second-order valence-electron chi connectivity index (χ2n) is 15.1. The number of nitrogens with one attached hydrogen (secondary N) is 1. The summed E-state index contributed by atoms with van der Waals surface area (Å²) in [5.74, 6) is -5.01. The third-order valence-electron chi connectivity index (χ3n) is 10.3. The first kappa shape index (κ1) is 37.1. The lowest BCUT2D eigenvalue weighted by atomic mass is 9.75. The fourth-order valence-corrected chi connectivity index (χ4v) is 9.37. The Morgan fingerprint density at radius 3 is 2.58 bits per heavy atom. The van der Waals surface area contributed by atoms with Crippen molar-refractivity contribution in [1.29, 1.82) is 0 Å². The highest BCUT2D eigenvalue weighted by molar-refractivity contribution is 7.91. The van der Waals surface area contributed by atoms with E-state index in [0.717, 1.165) is 17.2 Å². The number of ether oxygens (including phenoxy) is 1. The van der Waals surface area contributed by atoms with E-state index in [1.807, 2.05) is 45.0 Å². The van der Waals surface area contributed by atoms with Crippen molar-refractivity contribution < 1.29 is 36.2 Å². The van der Waals surface area contributed by atoms with Crippen LogP contribution in [0, 0.1) is 35.7 Å². The summed E-state index contributed by atoms with van der Waals surface area (Å²) in [4.78, 5) is 19.3. The molecule has 52 heavy (non-hydrogen) atoms. The predicted octanol–water partition coefficient (Wildman–Crippen LogP) is 8.22. The molecule has 0 saturated carbocycles. The number of aromatic nitrogens is 4. The zero-order valence-corrected chi connectivity index (χ0v) is 30.9. The molecule has 13 heteroatoms. The van der Waals surface area contributed by atoms with E-state index in [9.17, 15) is 18.3 Å². The van der Waals surface area contributed by atoms with Crippen LogP contribution >= 0.6 is 0 Å². The van der Waals surface area contributed by atoms with Gasteiger partial charge in [-0.15, -0.1) is 0 Å². The highest BCUT2D eigenvalue weighted by Crippen LogP contribution is 2.42. The van der Waals surface area contributed by atoms with Crippen molar-refractivity contribution in [3.8, 4) is 22.9 Å². The Hall–Kier alpha value is -4.65. The highest BCUT2D eigenvalue weighted by atomic mass is 32.2. The van der Waals surface area contributed by atoms with Gasteiger partial charge in [-0.05, 0) is 79.8 Å². The fraction of sp³-hybridized carbons (Fsp3) is 0.410. The average molecular weight is 737 g/mol. The van der Waals surface area contributed by atoms with Crippen LogP contribution in [0.5, 0.6) is 11.5 Å². The van der Waals surface area contributed by atoms with Gasteiger partial charge in [-0.3, -0.25) is 4.79 Å². The molecule has 3 aromatic carbocycles. The number of aryl methyl sites for hydroxylation is 3. The van der Waals surface area contributed by atoms with Crippen LogP contribution in [-0.2, 0) is 39.9 Å². The van der Waals surface area contributed by atoms with Gasteiger partial charge in [-0.2, -0.15) is 9.49 Å². The first-order valence-electron chi connectivity index (χ1n) is 17.3. The van der Waals surface area contributed by atoms with Gasteiger partial charge in [0.1, 0.15) is 11.6 Å². The molecular weight excluding hydrogens is 694 g/mol. The fourth-order valence-electron chi connectivity index (χ4n) is 7.38. The molecule has 1 aliphatic heterocycles. The van der Waals surface area contributed by atoms with Crippen molar-refractivity contribution in [2.24, 2.45) is 18.4 Å². The summed E-state index contributed by atoms with van der Waals surface area (Å²) in [6.07, 6.45) is 3.30. The summed E-state index contributed by atoms with van der Waals surface area (Å²) in [5, 5.41) is 14.6. The summed E-state index contributed by atoms with van der Waals surface area (Å²) in [6, 6.07) is 11.4. The van der Waals surface area contributed by atoms with Gasteiger partial charge >= 0.3 is 5.97 Å². The number of halogens is 3. The maximum absolute atomic E-state index is 15.8. The lowest BCUT2D eigenvalue weighted by Gasteiger charge is -2.31. The van der Waals surface area contributed by atoms with E-state index < -0.39 is 55.8 Å². The topological polar surface area (TPSA) is 127 Å². The van der Waals surface area contributed by atoms with Gasteiger partial charge in [0.15, 0.2) is 33.1 Å². The van der Waals surface area contributed by atoms with Crippen LogP contribution in [-0.4, -0.2) is 50.7 Å². The predicted molar refractivity (Wildman–Crippen MR) is 193 cm³/mol. The van der Waals surface area contributed by atoms with E-state index in [1.165, 1.54) is 23.0 Å². The number of carbonyl (C=O) groups is 1. The van der Waals surface area contributed by atoms with Crippen LogP contribution in [0.4, 0.5) is 13.2 Å². The van der Waals surface area contributed by atoms with Gasteiger partial charge in [0.25, 0.3) is 0 Å². The summed E-state index contributed by atoms with van der Waals surface area (Å²) >= 11 is 0. The van der Waals surface area contributed by atoms with Crippen molar-refractivity contribution >= 4 is 26.7 Å². The second-order valence-corrected chi connectivity index (χ2v) is 17.3. The Labute approximate surface area is 301 Å². The molecule has 0 aliphatic carbocycles. The molecule has 1 aliphatic rings. The third-order valence-corrected chi connectivity index (χ3v) is 12.3. The Bertz CT molecular complexity index is 2300. The van der Waals surface area contributed by atoms with Crippen molar-refractivity contribution in [2.75, 3.05) is 11.5 Å². The summed E-state index contributed by atoms with van der Waals surface area (Å²) < 4.78 is 81.8. The maximum atomic E-state index is 15.8. The first-order chi connectivity index (χ1) is 24.4. The number of aliphatic carboxylic acids is 1. The molecule has 2 aromatic heterocycles. The molecule has 0 radical (unpaired) electrons. The van der Waals surface area contributed by atoms with Crippen LogP contribution in [0.15, 0.2) is 48.7 Å². The molecular formula is C39H43F3N4O5S. The molecule has 6 rings (SSSR count). The Kier molecular flexibility index (Phi) is 9.79. The van der Waals surface area contributed by atoms with Crippen molar-refractivity contribution in [3.63, 3.8) is 0 Å².